The molecule has 0 radical (unpaired) electrons. The Balaban J connectivity index is 2.45. The summed E-state index contributed by atoms with van der Waals surface area (Å²) in [6.45, 7) is 3.73. The largest absolute Gasteiger partial charge is 0.431 e. The fraction of sp³-hybridized carbons (Fsp3) is 0.154. The normalized spacial score (nSPS) is 10.3. The lowest BCUT2D eigenvalue weighted by Crippen LogP contribution is -1.96. The number of aryl methyl sites for hydroxylation is 2. The van der Waals surface area contributed by atoms with Gasteiger partial charge in [0, 0.05) is 12.3 Å². The average Bonchev–Trinajstić information content (AvgIpc) is 2.35. The van der Waals surface area contributed by atoms with E-state index in [2.05, 4.69) is 20.9 Å². The zero-order chi connectivity index (χ0) is 14.0. The number of ether oxygens (including phenoxy) is 1. The predicted molar refractivity (Wildman–Crippen MR) is 74.6 cm³/mol. The highest BCUT2D eigenvalue weighted by atomic mass is 79.9. The van der Waals surface area contributed by atoms with E-state index in [1.54, 1.807) is 18.3 Å². The van der Waals surface area contributed by atoms with E-state index >= 15 is 0 Å². The second kappa shape index (κ2) is 5.36. The van der Waals surface area contributed by atoms with Crippen LogP contribution in [-0.2, 0) is 0 Å². The van der Waals surface area contributed by atoms with Crippen molar-refractivity contribution < 1.29 is 9.66 Å². The Morgan fingerprint density at radius 2 is 2.05 bits per heavy atom. The van der Waals surface area contributed by atoms with Crippen molar-refractivity contribution in [2.75, 3.05) is 0 Å². The minimum absolute atomic E-state index is 0.0826. The lowest BCUT2D eigenvalue weighted by Gasteiger charge is -2.08. The zero-order valence-electron chi connectivity index (χ0n) is 10.4. The van der Waals surface area contributed by atoms with Gasteiger partial charge in [0.15, 0.2) is 0 Å². The van der Waals surface area contributed by atoms with Crippen molar-refractivity contribution in [1.29, 1.82) is 0 Å². The van der Waals surface area contributed by atoms with Crippen LogP contribution in [0.5, 0.6) is 11.6 Å². The van der Waals surface area contributed by atoms with Crippen molar-refractivity contribution in [2.24, 2.45) is 0 Å². The Labute approximate surface area is 118 Å². The van der Waals surface area contributed by atoms with Gasteiger partial charge in [-0.1, -0.05) is 6.07 Å². The van der Waals surface area contributed by atoms with Crippen LogP contribution in [0.3, 0.4) is 0 Å². The molecule has 0 unspecified atom stereocenters. The molecule has 0 fully saturated rings. The first-order valence-electron chi connectivity index (χ1n) is 5.53. The Morgan fingerprint density at radius 3 is 2.74 bits per heavy atom. The SMILES string of the molecule is Cc1ccc([N+](=O)[O-])c(Oc2nccc(C)c2Br)c1. The summed E-state index contributed by atoms with van der Waals surface area (Å²) in [5.74, 6) is 0.498. The number of rotatable bonds is 3. The lowest BCUT2D eigenvalue weighted by molar-refractivity contribution is -0.385. The number of hydrogen-bond acceptors (Lipinski definition) is 4. The Hall–Kier alpha value is -1.95. The van der Waals surface area contributed by atoms with Crippen LogP contribution in [0.2, 0.25) is 0 Å². The first-order chi connectivity index (χ1) is 8.99. The Kier molecular flexibility index (Phi) is 3.80. The lowest BCUT2D eigenvalue weighted by atomic mass is 10.2. The summed E-state index contributed by atoms with van der Waals surface area (Å²) in [5.41, 5.74) is 1.74. The van der Waals surface area contributed by atoms with Crippen molar-refractivity contribution in [3.05, 3.63) is 56.2 Å². The molecule has 0 aliphatic heterocycles. The topological polar surface area (TPSA) is 65.3 Å². The summed E-state index contributed by atoms with van der Waals surface area (Å²) >= 11 is 3.36. The molecular weight excluding hydrogens is 312 g/mol. The molecule has 0 N–H and O–H groups in total. The maximum atomic E-state index is 11.0. The number of nitrogens with zero attached hydrogens (tertiary/aromatic N) is 2. The highest BCUT2D eigenvalue weighted by Crippen LogP contribution is 2.35. The van der Waals surface area contributed by atoms with Gasteiger partial charge in [-0.15, -0.1) is 0 Å². The van der Waals surface area contributed by atoms with Gasteiger partial charge in [0.2, 0.25) is 11.6 Å². The smallest absolute Gasteiger partial charge is 0.311 e. The molecule has 0 bridgehead atoms. The molecule has 19 heavy (non-hydrogen) atoms. The third-order valence-corrected chi connectivity index (χ3v) is 3.53. The van der Waals surface area contributed by atoms with Gasteiger partial charge in [0.25, 0.3) is 0 Å². The molecule has 2 aromatic rings. The number of benzene rings is 1. The molecule has 0 amide bonds. The number of pyridine rings is 1. The van der Waals surface area contributed by atoms with Gasteiger partial charge in [-0.2, -0.15) is 0 Å². The van der Waals surface area contributed by atoms with Gasteiger partial charge in [0.05, 0.1) is 9.40 Å². The van der Waals surface area contributed by atoms with Gasteiger partial charge in [-0.05, 0) is 53.0 Å². The standard InChI is InChI=1S/C13H11BrN2O3/c1-8-3-4-10(16(17)18)11(7-8)19-13-12(14)9(2)5-6-15-13/h3-7H,1-2H3. The van der Waals surface area contributed by atoms with Crippen molar-refractivity contribution in [3.8, 4) is 11.6 Å². The summed E-state index contributed by atoms with van der Waals surface area (Å²) in [7, 11) is 0. The molecule has 5 nitrogen and oxygen atoms in total. The molecule has 0 saturated carbocycles. The van der Waals surface area contributed by atoms with Crippen LogP contribution in [-0.4, -0.2) is 9.91 Å². The predicted octanol–water partition coefficient (Wildman–Crippen LogP) is 4.16. The zero-order valence-corrected chi connectivity index (χ0v) is 12.0. The van der Waals surface area contributed by atoms with Crippen LogP contribution >= 0.6 is 15.9 Å². The fourth-order valence-corrected chi connectivity index (χ4v) is 1.86. The Morgan fingerprint density at radius 1 is 1.32 bits per heavy atom. The number of nitro benzene ring substituents is 1. The van der Waals surface area contributed by atoms with Gasteiger partial charge in [-0.25, -0.2) is 4.98 Å². The van der Waals surface area contributed by atoms with Gasteiger partial charge in [-0.3, -0.25) is 10.1 Å². The minimum Gasteiger partial charge on any atom is -0.431 e. The number of nitro groups is 1. The summed E-state index contributed by atoms with van der Waals surface area (Å²) in [4.78, 5) is 14.6. The molecular formula is C13H11BrN2O3. The maximum Gasteiger partial charge on any atom is 0.311 e. The fourth-order valence-electron chi connectivity index (χ4n) is 1.54. The molecule has 1 aromatic heterocycles. The summed E-state index contributed by atoms with van der Waals surface area (Å²) in [6.07, 6.45) is 1.59. The van der Waals surface area contributed by atoms with E-state index in [1.165, 1.54) is 6.07 Å². The van der Waals surface area contributed by atoms with E-state index in [-0.39, 0.29) is 11.4 Å². The second-order valence-corrected chi connectivity index (χ2v) is 4.87. The van der Waals surface area contributed by atoms with E-state index < -0.39 is 4.92 Å². The number of hydrogen-bond donors (Lipinski definition) is 0. The summed E-state index contributed by atoms with van der Waals surface area (Å²) in [5, 5.41) is 11.0. The van der Waals surface area contributed by atoms with Crippen LogP contribution in [0.25, 0.3) is 0 Å². The molecule has 1 aromatic carbocycles. The molecule has 0 spiro atoms. The third kappa shape index (κ3) is 2.90. The van der Waals surface area contributed by atoms with Crippen molar-refractivity contribution in [3.63, 3.8) is 0 Å². The molecule has 1 heterocycles. The minimum atomic E-state index is -0.474. The molecule has 0 saturated heterocycles. The van der Waals surface area contributed by atoms with E-state index in [1.807, 2.05) is 19.9 Å². The van der Waals surface area contributed by atoms with Crippen LogP contribution < -0.4 is 4.74 Å². The monoisotopic (exact) mass is 322 g/mol. The van der Waals surface area contributed by atoms with E-state index in [0.29, 0.717) is 10.4 Å². The molecule has 0 aliphatic rings. The molecule has 2 rings (SSSR count). The number of aromatic nitrogens is 1. The summed E-state index contributed by atoms with van der Waals surface area (Å²) in [6, 6.07) is 6.54. The van der Waals surface area contributed by atoms with E-state index in [4.69, 9.17) is 4.74 Å². The Bertz CT molecular complexity index is 644. The highest BCUT2D eigenvalue weighted by Gasteiger charge is 2.17. The number of halogens is 1. The van der Waals surface area contributed by atoms with Gasteiger partial charge in [0.1, 0.15) is 0 Å². The average molecular weight is 323 g/mol. The summed E-state index contributed by atoms with van der Waals surface area (Å²) < 4.78 is 6.25. The first kappa shape index (κ1) is 13.5. The quantitative estimate of drug-likeness (QED) is 0.628. The van der Waals surface area contributed by atoms with Crippen LogP contribution in [0.15, 0.2) is 34.9 Å². The highest BCUT2D eigenvalue weighted by molar-refractivity contribution is 9.10. The molecule has 98 valence electrons. The van der Waals surface area contributed by atoms with E-state index in [0.717, 1.165) is 11.1 Å². The molecule has 6 heteroatoms. The van der Waals surface area contributed by atoms with Gasteiger partial charge >= 0.3 is 5.69 Å². The second-order valence-electron chi connectivity index (χ2n) is 4.08. The maximum absolute atomic E-state index is 11.0. The molecule has 0 atom stereocenters. The van der Waals surface area contributed by atoms with Gasteiger partial charge < -0.3 is 4.74 Å². The van der Waals surface area contributed by atoms with E-state index in [9.17, 15) is 10.1 Å². The van der Waals surface area contributed by atoms with Crippen molar-refractivity contribution in [2.45, 2.75) is 13.8 Å². The third-order valence-electron chi connectivity index (χ3n) is 2.57. The van der Waals surface area contributed by atoms with Crippen molar-refractivity contribution >= 4 is 21.6 Å². The first-order valence-corrected chi connectivity index (χ1v) is 6.32. The van der Waals surface area contributed by atoms with Crippen molar-refractivity contribution in [1.82, 2.24) is 4.98 Å². The van der Waals surface area contributed by atoms with Crippen LogP contribution in [0, 0.1) is 24.0 Å². The van der Waals surface area contributed by atoms with Crippen LogP contribution in [0.4, 0.5) is 5.69 Å². The molecule has 0 aliphatic carbocycles. The van der Waals surface area contributed by atoms with Crippen LogP contribution in [0.1, 0.15) is 11.1 Å².